The highest BCUT2D eigenvalue weighted by molar-refractivity contribution is 5.19. The molecule has 3 unspecified atom stereocenters. The second-order valence-electron chi connectivity index (χ2n) is 6.52. The summed E-state index contributed by atoms with van der Waals surface area (Å²) < 4.78 is 0. The Morgan fingerprint density at radius 2 is 2.11 bits per heavy atom. The van der Waals surface area contributed by atoms with Gasteiger partial charge in [-0.05, 0) is 68.5 Å². The molecule has 2 nitrogen and oxygen atoms in total. The van der Waals surface area contributed by atoms with Gasteiger partial charge in [0.1, 0.15) is 0 Å². The molecule has 19 heavy (non-hydrogen) atoms. The lowest BCUT2D eigenvalue weighted by atomic mass is 9.90. The van der Waals surface area contributed by atoms with E-state index in [9.17, 15) is 0 Å². The van der Waals surface area contributed by atoms with Crippen molar-refractivity contribution in [1.82, 2.24) is 10.3 Å². The largest absolute Gasteiger partial charge is 0.313 e. The van der Waals surface area contributed by atoms with E-state index in [1.54, 1.807) is 0 Å². The van der Waals surface area contributed by atoms with Gasteiger partial charge in [-0.1, -0.05) is 13.0 Å². The number of nitrogens with zero attached hydrogens (tertiary/aromatic N) is 1. The topological polar surface area (TPSA) is 24.9 Å². The van der Waals surface area contributed by atoms with Crippen LogP contribution in [0.1, 0.15) is 43.9 Å². The number of hydrogen-bond acceptors (Lipinski definition) is 2. The van der Waals surface area contributed by atoms with Crippen LogP contribution in [0.4, 0.5) is 0 Å². The van der Waals surface area contributed by atoms with Gasteiger partial charge in [-0.25, -0.2) is 0 Å². The van der Waals surface area contributed by atoms with Crippen LogP contribution in [0.2, 0.25) is 0 Å². The lowest BCUT2D eigenvalue weighted by Crippen LogP contribution is -2.38. The summed E-state index contributed by atoms with van der Waals surface area (Å²) in [6, 6.07) is 4.87. The zero-order valence-electron chi connectivity index (χ0n) is 12.2. The predicted molar refractivity (Wildman–Crippen MR) is 79.1 cm³/mol. The van der Waals surface area contributed by atoms with Crippen LogP contribution in [0.5, 0.6) is 0 Å². The number of hydrogen-bond donors (Lipinski definition) is 1. The van der Waals surface area contributed by atoms with Crippen LogP contribution in [-0.2, 0) is 6.42 Å². The van der Waals surface area contributed by atoms with E-state index >= 15 is 0 Å². The highest BCUT2D eigenvalue weighted by Crippen LogP contribution is 2.55. The lowest BCUT2D eigenvalue weighted by molar-refractivity contribution is 0.330. The number of rotatable bonds is 6. The minimum Gasteiger partial charge on any atom is -0.313 e. The number of fused-ring (bicyclic) bond motifs is 1. The molecule has 2 aliphatic carbocycles. The number of nitrogens with one attached hydrogen (secondary N) is 1. The molecule has 104 valence electrons. The van der Waals surface area contributed by atoms with Gasteiger partial charge in [-0.15, -0.1) is 0 Å². The molecule has 0 saturated heterocycles. The molecule has 0 aliphatic heterocycles. The van der Waals surface area contributed by atoms with Crippen LogP contribution in [0.15, 0.2) is 18.3 Å². The molecule has 0 bridgehead atoms. The van der Waals surface area contributed by atoms with Crippen LogP contribution in [0, 0.1) is 24.7 Å². The van der Waals surface area contributed by atoms with Gasteiger partial charge in [0.15, 0.2) is 0 Å². The highest BCUT2D eigenvalue weighted by Gasteiger charge is 2.47. The first-order chi connectivity index (χ1) is 9.28. The second-order valence-corrected chi connectivity index (χ2v) is 6.52. The minimum absolute atomic E-state index is 0.640. The summed E-state index contributed by atoms with van der Waals surface area (Å²) in [6.45, 7) is 5.58. The van der Waals surface area contributed by atoms with Crippen LogP contribution >= 0.6 is 0 Å². The molecule has 0 radical (unpaired) electrons. The molecule has 2 fully saturated rings. The predicted octanol–water partition coefficient (Wildman–Crippen LogP) is 3.35. The van der Waals surface area contributed by atoms with Crippen molar-refractivity contribution in [2.75, 3.05) is 6.54 Å². The highest BCUT2D eigenvalue weighted by atomic mass is 14.9. The maximum atomic E-state index is 4.59. The fraction of sp³-hybridized carbons (Fsp3) is 0.706. The lowest BCUT2D eigenvalue weighted by Gasteiger charge is -2.26. The maximum Gasteiger partial charge on any atom is 0.0448 e. The molecule has 1 heterocycles. The monoisotopic (exact) mass is 258 g/mol. The molecule has 0 amide bonds. The molecule has 1 N–H and O–H groups in total. The van der Waals surface area contributed by atoms with Gasteiger partial charge in [0.05, 0.1) is 0 Å². The van der Waals surface area contributed by atoms with Gasteiger partial charge in [-0.2, -0.15) is 0 Å². The van der Waals surface area contributed by atoms with Gasteiger partial charge < -0.3 is 5.32 Å². The Balaban J connectivity index is 1.66. The summed E-state index contributed by atoms with van der Waals surface area (Å²) >= 11 is 0. The van der Waals surface area contributed by atoms with Crippen molar-refractivity contribution >= 4 is 0 Å². The van der Waals surface area contributed by atoms with Gasteiger partial charge in [0.25, 0.3) is 0 Å². The number of aryl methyl sites for hydroxylation is 1. The van der Waals surface area contributed by atoms with Crippen molar-refractivity contribution in [1.29, 1.82) is 0 Å². The van der Waals surface area contributed by atoms with Crippen LogP contribution < -0.4 is 5.32 Å². The molecule has 2 saturated carbocycles. The van der Waals surface area contributed by atoms with Gasteiger partial charge in [0, 0.05) is 24.4 Å². The zero-order chi connectivity index (χ0) is 13.2. The van der Waals surface area contributed by atoms with Crippen molar-refractivity contribution in [3.8, 4) is 0 Å². The average molecular weight is 258 g/mol. The van der Waals surface area contributed by atoms with Crippen LogP contribution in [-0.4, -0.2) is 17.6 Å². The smallest absolute Gasteiger partial charge is 0.0448 e. The Hall–Kier alpha value is -0.890. The fourth-order valence-corrected chi connectivity index (χ4v) is 3.77. The third kappa shape index (κ3) is 3.00. The third-order valence-electron chi connectivity index (χ3n) is 5.04. The summed E-state index contributed by atoms with van der Waals surface area (Å²) in [7, 11) is 0. The molecule has 1 aromatic heterocycles. The van der Waals surface area contributed by atoms with E-state index in [-0.39, 0.29) is 0 Å². The Morgan fingerprint density at radius 3 is 2.79 bits per heavy atom. The summed E-state index contributed by atoms with van der Waals surface area (Å²) in [5.74, 6) is 3.03. The van der Waals surface area contributed by atoms with E-state index in [0.29, 0.717) is 6.04 Å². The Kier molecular flexibility index (Phi) is 3.88. The molecular weight excluding hydrogens is 232 g/mol. The molecule has 0 aromatic carbocycles. The summed E-state index contributed by atoms with van der Waals surface area (Å²) in [4.78, 5) is 4.59. The van der Waals surface area contributed by atoms with E-state index in [1.807, 2.05) is 12.3 Å². The first kappa shape index (κ1) is 13.1. The minimum atomic E-state index is 0.640. The quantitative estimate of drug-likeness (QED) is 0.846. The first-order valence-electron chi connectivity index (χ1n) is 7.91. The molecule has 3 atom stereocenters. The Bertz CT molecular complexity index is 419. The molecule has 3 rings (SSSR count). The second kappa shape index (κ2) is 5.62. The average Bonchev–Trinajstić information content (AvgIpc) is 3.03. The molecule has 1 aromatic rings. The Morgan fingerprint density at radius 1 is 1.32 bits per heavy atom. The third-order valence-corrected chi connectivity index (χ3v) is 5.04. The standard InChI is InChI=1S/C17H26N2/c1-3-6-18-17(15-9-13-8-14(13)10-15)11-16-12(2)5-4-7-19-16/h4-5,7,13-15,17-18H,3,6,8-11H2,1-2H3. The summed E-state index contributed by atoms with van der Waals surface area (Å²) in [5.41, 5.74) is 2.63. The maximum absolute atomic E-state index is 4.59. The fourth-order valence-electron chi connectivity index (χ4n) is 3.77. The Labute approximate surface area is 117 Å². The van der Waals surface area contributed by atoms with Gasteiger partial charge in [0.2, 0.25) is 0 Å². The van der Waals surface area contributed by atoms with E-state index in [1.165, 1.54) is 36.9 Å². The summed E-state index contributed by atoms with van der Waals surface area (Å²) in [6.07, 6.45) is 8.69. The molecule has 0 spiro atoms. The normalized spacial score (nSPS) is 30.1. The SMILES string of the molecule is CCCNC(Cc1ncccc1C)C1CC2CC2C1. The number of pyridine rings is 1. The molecular formula is C17H26N2. The van der Waals surface area contributed by atoms with Crippen molar-refractivity contribution in [2.45, 2.75) is 52.0 Å². The van der Waals surface area contributed by atoms with Gasteiger partial charge >= 0.3 is 0 Å². The van der Waals surface area contributed by atoms with Crippen molar-refractivity contribution in [3.05, 3.63) is 29.6 Å². The zero-order valence-corrected chi connectivity index (χ0v) is 12.2. The number of aromatic nitrogens is 1. The van der Waals surface area contributed by atoms with Crippen LogP contribution in [0.3, 0.4) is 0 Å². The van der Waals surface area contributed by atoms with E-state index in [2.05, 4.69) is 30.2 Å². The van der Waals surface area contributed by atoms with Crippen molar-refractivity contribution in [2.24, 2.45) is 17.8 Å². The summed E-state index contributed by atoms with van der Waals surface area (Å²) in [5, 5.41) is 3.79. The van der Waals surface area contributed by atoms with E-state index in [0.717, 1.165) is 30.7 Å². The molecule has 2 aliphatic rings. The van der Waals surface area contributed by atoms with Crippen LogP contribution in [0.25, 0.3) is 0 Å². The first-order valence-corrected chi connectivity index (χ1v) is 7.91. The van der Waals surface area contributed by atoms with E-state index in [4.69, 9.17) is 0 Å². The van der Waals surface area contributed by atoms with E-state index < -0.39 is 0 Å². The molecule has 2 heteroatoms. The van der Waals surface area contributed by atoms with Gasteiger partial charge in [-0.3, -0.25) is 4.98 Å². The van der Waals surface area contributed by atoms with Crippen molar-refractivity contribution in [3.63, 3.8) is 0 Å². The van der Waals surface area contributed by atoms with Crippen molar-refractivity contribution < 1.29 is 0 Å².